The zero-order valence-electron chi connectivity index (χ0n) is 9.84. The van der Waals surface area contributed by atoms with Crippen molar-refractivity contribution in [2.45, 2.75) is 0 Å². The standard InChI is InChI=1S/C11H9S.C5H5.Fe/c1-2-4-10(3-1)5-6-11-7-8-12-9-11;1-2-4-5-3-1;/h1-9H;1-5H;/q2*-1;+2. The number of rotatable bonds is 2. The van der Waals surface area contributed by atoms with Crippen LogP contribution in [0.3, 0.4) is 0 Å². The molecule has 1 aromatic carbocycles. The van der Waals surface area contributed by atoms with Gasteiger partial charge in [0.05, 0.1) is 11.3 Å². The van der Waals surface area contributed by atoms with Crippen LogP contribution < -0.4 is 0 Å². The van der Waals surface area contributed by atoms with Crippen molar-refractivity contribution in [3.8, 4) is 0 Å². The monoisotopic (exact) mass is 294 g/mol. The van der Waals surface area contributed by atoms with Crippen molar-refractivity contribution in [1.29, 1.82) is 0 Å². The number of hydrogen-bond acceptors (Lipinski definition) is 0. The molecule has 1 aliphatic carbocycles. The molecule has 1 aromatic heterocycles. The third kappa shape index (κ3) is 5.33. The molecule has 0 amide bonds. The van der Waals surface area contributed by atoms with Gasteiger partial charge in [-0.05, 0) is 0 Å². The second-order valence-electron chi connectivity index (χ2n) is 3.57. The zero-order valence-corrected chi connectivity index (χ0v) is 11.8. The van der Waals surface area contributed by atoms with Gasteiger partial charge >= 0.3 is 17.1 Å². The van der Waals surface area contributed by atoms with E-state index < -0.39 is 0 Å². The summed E-state index contributed by atoms with van der Waals surface area (Å²) < 4.78 is 0. The van der Waals surface area contributed by atoms with E-state index in [2.05, 4.69) is 41.5 Å². The molecule has 2 aromatic rings. The average molecular weight is 294 g/mol. The fourth-order valence-electron chi connectivity index (χ4n) is 1.38. The summed E-state index contributed by atoms with van der Waals surface area (Å²) in [5.74, 6) is 0. The Hall–Kier alpha value is -1.34. The van der Waals surface area contributed by atoms with E-state index in [0.29, 0.717) is 0 Å². The first kappa shape index (κ1) is 14.7. The number of thiophene rings is 1. The first-order chi connectivity index (χ1) is 8.45. The molecule has 92 valence electrons. The third-order valence-corrected chi connectivity index (χ3v) is 2.96. The SMILES string of the molecule is C1=CC(=C[CH-]c2c[cH-][s+]c2)C=C1.[Fe+2].c1cc[cH-]c1. The molecule has 0 fully saturated rings. The molecule has 0 N–H and O–H groups in total. The maximum absolute atomic E-state index is 2.14. The maximum Gasteiger partial charge on any atom is 2.00 e. The topological polar surface area (TPSA) is 0 Å². The summed E-state index contributed by atoms with van der Waals surface area (Å²) in [6.07, 6.45) is 12.6. The first-order valence-corrected chi connectivity index (χ1v) is 6.48. The second kappa shape index (κ2) is 8.71. The number of allylic oxidation sites excluding steroid dienone is 6. The zero-order chi connectivity index (χ0) is 11.8. The van der Waals surface area contributed by atoms with Crippen molar-refractivity contribution in [2.24, 2.45) is 0 Å². The summed E-state index contributed by atoms with van der Waals surface area (Å²) in [7, 11) is 0. The summed E-state index contributed by atoms with van der Waals surface area (Å²) in [6.45, 7) is 0. The molecule has 0 nitrogen and oxygen atoms in total. The van der Waals surface area contributed by atoms with Crippen molar-refractivity contribution in [1.82, 2.24) is 0 Å². The molecule has 0 aliphatic heterocycles. The summed E-state index contributed by atoms with van der Waals surface area (Å²) in [6, 6.07) is 12.1. The van der Waals surface area contributed by atoms with Crippen molar-refractivity contribution >= 4 is 11.3 Å². The van der Waals surface area contributed by atoms with Crippen molar-refractivity contribution in [3.05, 3.63) is 95.1 Å². The summed E-state index contributed by atoms with van der Waals surface area (Å²) in [5, 5.41) is 4.23. The van der Waals surface area contributed by atoms with Crippen molar-refractivity contribution in [3.63, 3.8) is 0 Å². The van der Waals surface area contributed by atoms with Gasteiger partial charge in [-0.3, -0.25) is 0 Å². The van der Waals surface area contributed by atoms with Crippen LogP contribution in [0.25, 0.3) is 0 Å². The molecular weight excluding hydrogens is 280 g/mol. The van der Waals surface area contributed by atoms with Gasteiger partial charge in [0.1, 0.15) is 0 Å². The van der Waals surface area contributed by atoms with Gasteiger partial charge in [-0.1, -0.05) is 29.9 Å². The van der Waals surface area contributed by atoms with Crippen LogP contribution >= 0.6 is 11.3 Å². The van der Waals surface area contributed by atoms with Crippen LogP contribution in [0, 0.1) is 6.42 Å². The molecule has 0 atom stereocenters. The Bertz CT molecular complexity index is 456. The molecule has 0 unspecified atom stereocenters. The minimum Gasteiger partial charge on any atom is -0.214 e. The molecule has 2 heteroatoms. The Morgan fingerprint density at radius 2 is 1.83 bits per heavy atom. The van der Waals surface area contributed by atoms with E-state index in [1.54, 1.807) is 11.3 Å². The molecule has 3 rings (SSSR count). The van der Waals surface area contributed by atoms with Crippen molar-refractivity contribution < 1.29 is 17.1 Å². The normalized spacial score (nSPS) is 11.4. The van der Waals surface area contributed by atoms with Crippen LogP contribution in [0.1, 0.15) is 5.56 Å². The molecular formula is C16H14FeS. The van der Waals surface area contributed by atoms with Gasteiger partial charge < -0.3 is 0 Å². The Morgan fingerprint density at radius 1 is 1.11 bits per heavy atom. The van der Waals surface area contributed by atoms with Crippen LogP contribution in [0.2, 0.25) is 0 Å². The van der Waals surface area contributed by atoms with Crippen molar-refractivity contribution in [2.75, 3.05) is 0 Å². The van der Waals surface area contributed by atoms with Crippen LogP contribution in [0.4, 0.5) is 0 Å². The second-order valence-corrected chi connectivity index (χ2v) is 4.35. The predicted octanol–water partition coefficient (Wildman–Crippen LogP) is 4.76. The number of hydrogen-bond donors (Lipinski definition) is 0. The molecule has 1 heterocycles. The van der Waals surface area contributed by atoms with Crippen LogP contribution in [-0.2, 0) is 17.1 Å². The average Bonchev–Trinajstić information content (AvgIpc) is 3.12. The van der Waals surface area contributed by atoms with E-state index in [1.807, 2.05) is 42.5 Å². The third-order valence-electron chi connectivity index (χ3n) is 2.26. The van der Waals surface area contributed by atoms with E-state index in [-0.39, 0.29) is 17.1 Å². The largest absolute Gasteiger partial charge is 2.00 e. The van der Waals surface area contributed by atoms with Gasteiger partial charge in [0.25, 0.3) is 0 Å². The Kier molecular flexibility index (Phi) is 7.12. The summed E-state index contributed by atoms with van der Waals surface area (Å²) >= 11 is 1.73. The molecule has 0 saturated heterocycles. The van der Waals surface area contributed by atoms with E-state index in [9.17, 15) is 0 Å². The fourth-order valence-corrected chi connectivity index (χ4v) is 2.01. The van der Waals surface area contributed by atoms with Gasteiger partial charge in [0.15, 0.2) is 0 Å². The Morgan fingerprint density at radius 3 is 2.33 bits per heavy atom. The summed E-state index contributed by atoms with van der Waals surface area (Å²) in [4.78, 5) is 0. The van der Waals surface area contributed by atoms with E-state index in [0.717, 1.165) is 0 Å². The predicted molar refractivity (Wildman–Crippen MR) is 76.1 cm³/mol. The Labute approximate surface area is 123 Å². The molecule has 1 aliphatic rings. The first-order valence-electron chi connectivity index (χ1n) is 5.54. The Balaban J connectivity index is 0.000000230. The van der Waals surface area contributed by atoms with Gasteiger partial charge in [-0.25, -0.2) is 17.7 Å². The maximum atomic E-state index is 2.14. The van der Waals surface area contributed by atoms with Gasteiger partial charge in [-0.2, -0.15) is 30.7 Å². The van der Waals surface area contributed by atoms with E-state index >= 15 is 0 Å². The van der Waals surface area contributed by atoms with E-state index in [1.165, 1.54) is 11.1 Å². The van der Waals surface area contributed by atoms with Crippen LogP contribution in [0.5, 0.6) is 0 Å². The van der Waals surface area contributed by atoms with Gasteiger partial charge in [0.2, 0.25) is 0 Å². The van der Waals surface area contributed by atoms with E-state index in [4.69, 9.17) is 0 Å². The molecule has 0 bridgehead atoms. The summed E-state index contributed by atoms with van der Waals surface area (Å²) in [5.41, 5.74) is 2.54. The van der Waals surface area contributed by atoms with Gasteiger partial charge in [-0.15, -0.1) is 6.08 Å². The molecule has 0 spiro atoms. The van der Waals surface area contributed by atoms with Gasteiger partial charge in [0, 0.05) is 10.8 Å². The molecule has 0 radical (unpaired) electrons. The molecule has 18 heavy (non-hydrogen) atoms. The smallest absolute Gasteiger partial charge is 0.214 e. The fraction of sp³-hybridized carbons (Fsp3) is 0. The minimum absolute atomic E-state index is 0. The van der Waals surface area contributed by atoms with Crippen LogP contribution in [-0.4, -0.2) is 0 Å². The molecule has 0 saturated carbocycles. The van der Waals surface area contributed by atoms with Crippen LogP contribution in [0.15, 0.2) is 83.1 Å². The quantitative estimate of drug-likeness (QED) is 0.426. The minimum atomic E-state index is 0.